The summed E-state index contributed by atoms with van der Waals surface area (Å²) in [4.78, 5) is 16.2. The third-order valence-corrected chi connectivity index (χ3v) is 4.64. The number of aromatic nitrogens is 3. The molecule has 0 amide bonds. The van der Waals surface area contributed by atoms with Gasteiger partial charge in [-0.3, -0.25) is 4.79 Å². The maximum Gasteiger partial charge on any atom is 0.278 e. The fraction of sp³-hybridized carbons (Fsp3) is 0.136. The van der Waals surface area contributed by atoms with Gasteiger partial charge < -0.3 is 10.3 Å². The van der Waals surface area contributed by atoms with Crippen LogP contribution in [0.1, 0.15) is 30.9 Å². The van der Waals surface area contributed by atoms with E-state index < -0.39 is 0 Å². The van der Waals surface area contributed by atoms with Gasteiger partial charge in [0.1, 0.15) is 11.6 Å². The number of H-pyrrole nitrogens is 1. The highest BCUT2D eigenvalue weighted by Crippen LogP contribution is 2.28. The van der Waals surface area contributed by atoms with E-state index in [0.29, 0.717) is 16.8 Å². The Balaban J connectivity index is 1.81. The maximum atomic E-state index is 13.0. The molecule has 0 fully saturated rings. The van der Waals surface area contributed by atoms with E-state index in [1.807, 2.05) is 68.4 Å². The van der Waals surface area contributed by atoms with Crippen LogP contribution in [-0.2, 0) is 0 Å². The van der Waals surface area contributed by atoms with Crippen molar-refractivity contribution in [2.75, 3.05) is 5.32 Å². The number of nitrogens with zero attached hydrogens (tertiary/aromatic N) is 3. The van der Waals surface area contributed by atoms with Crippen LogP contribution in [0.4, 0.5) is 11.4 Å². The minimum absolute atomic E-state index is 0.00000556. The van der Waals surface area contributed by atoms with E-state index in [1.165, 1.54) is 10.7 Å². The van der Waals surface area contributed by atoms with E-state index in [9.17, 15) is 10.1 Å². The van der Waals surface area contributed by atoms with Gasteiger partial charge in [-0.15, -0.1) is 0 Å². The second kappa shape index (κ2) is 7.05. The zero-order valence-corrected chi connectivity index (χ0v) is 15.6. The molecule has 2 aromatic heterocycles. The molecule has 2 heterocycles. The summed E-state index contributed by atoms with van der Waals surface area (Å²) in [5, 5.41) is 16.7. The number of fused-ring (bicyclic) bond motifs is 1. The number of aromatic amines is 1. The molecule has 0 unspecified atom stereocenters. The largest absolute Gasteiger partial charge is 0.356 e. The number of nitrogens with one attached hydrogen (secondary N) is 2. The molecular formula is C22H19N5O. The lowest BCUT2D eigenvalue weighted by atomic mass is 9.98. The number of benzene rings is 2. The molecule has 6 heteroatoms. The van der Waals surface area contributed by atoms with E-state index >= 15 is 0 Å². The molecule has 0 bridgehead atoms. The zero-order chi connectivity index (χ0) is 19.7. The van der Waals surface area contributed by atoms with Gasteiger partial charge in [-0.05, 0) is 35.7 Å². The van der Waals surface area contributed by atoms with Crippen molar-refractivity contribution in [3.63, 3.8) is 0 Å². The van der Waals surface area contributed by atoms with Crippen molar-refractivity contribution in [2.24, 2.45) is 0 Å². The van der Waals surface area contributed by atoms with Crippen LogP contribution in [0.2, 0.25) is 0 Å². The molecule has 0 aliphatic heterocycles. The first-order chi connectivity index (χ1) is 13.6. The SMILES string of the molecule is CC(C)c1c(-c2ccc(Nc3ccccc3)cc2)[nH]c2c(C#N)cnn2c1=O. The number of hydrogen-bond acceptors (Lipinski definition) is 4. The molecule has 0 aliphatic rings. The maximum absolute atomic E-state index is 13.0. The lowest BCUT2D eigenvalue weighted by Gasteiger charge is -2.14. The highest BCUT2D eigenvalue weighted by Gasteiger charge is 2.19. The van der Waals surface area contributed by atoms with E-state index in [-0.39, 0.29) is 11.5 Å². The lowest BCUT2D eigenvalue weighted by molar-refractivity contribution is 0.797. The van der Waals surface area contributed by atoms with Crippen molar-refractivity contribution < 1.29 is 0 Å². The Morgan fingerprint density at radius 2 is 1.75 bits per heavy atom. The van der Waals surface area contributed by atoms with Gasteiger partial charge in [-0.1, -0.05) is 44.2 Å². The minimum Gasteiger partial charge on any atom is -0.356 e. The van der Waals surface area contributed by atoms with Crippen molar-refractivity contribution in [1.29, 1.82) is 5.26 Å². The number of rotatable bonds is 4. The van der Waals surface area contributed by atoms with Gasteiger partial charge in [0.15, 0.2) is 5.65 Å². The molecule has 4 aromatic rings. The Labute approximate surface area is 162 Å². The zero-order valence-electron chi connectivity index (χ0n) is 15.6. The molecule has 2 N–H and O–H groups in total. The van der Waals surface area contributed by atoms with Gasteiger partial charge in [0, 0.05) is 16.9 Å². The van der Waals surface area contributed by atoms with Gasteiger partial charge in [-0.25, -0.2) is 0 Å². The Morgan fingerprint density at radius 1 is 1.07 bits per heavy atom. The molecule has 6 nitrogen and oxygen atoms in total. The first kappa shape index (κ1) is 17.6. The fourth-order valence-electron chi connectivity index (χ4n) is 3.28. The quantitative estimate of drug-likeness (QED) is 0.557. The van der Waals surface area contributed by atoms with E-state index in [4.69, 9.17) is 0 Å². The monoisotopic (exact) mass is 369 g/mol. The summed E-state index contributed by atoms with van der Waals surface area (Å²) in [6.45, 7) is 3.94. The van der Waals surface area contributed by atoms with E-state index in [2.05, 4.69) is 21.5 Å². The molecule has 28 heavy (non-hydrogen) atoms. The highest BCUT2D eigenvalue weighted by molar-refractivity contribution is 5.71. The van der Waals surface area contributed by atoms with E-state index in [0.717, 1.165) is 22.6 Å². The molecule has 0 atom stereocenters. The Hall–Kier alpha value is -3.85. The smallest absolute Gasteiger partial charge is 0.278 e. The number of para-hydroxylation sites is 1. The molecule has 0 radical (unpaired) electrons. The molecule has 4 rings (SSSR count). The molecule has 138 valence electrons. The van der Waals surface area contributed by atoms with Crippen LogP contribution in [0.5, 0.6) is 0 Å². The van der Waals surface area contributed by atoms with Gasteiger partial charge in [0.05, 0.1) is 11.9 Å². The highest BCUT2D eigenvalue weighted by atomic mass is 16.1. The van der Waals surface area contributed by atoms with Crippen LogP contribution in [0, 0.1) is 11.3 Å². The van der Waals surface area contributed by atoms with Gasteiger partial charge in [0.25, 0.3) is 5.56 Å². The first-order valence-corrected chi connectivity index (χ1v) is 9.05. The Morgan fingerprint density at radius 3 is 2.39 bits per heavy atom. The van der Waals surface area contributed by atoms with Crippen LogP contribution in [-0.4, -0.2) is 14.6 Å². The van der Waals surface area contributed by atoms with Crippen LogP contribution < -0.4 is 10.9 Å². The summed E-state index contributed by atoms with van der Waals surface area (Å²) < 4.78 is 1.27. The predicted molar refractivity (Wildman–Crippen MR) is 110 cm³/mol. The normalized spacial score (nSPS) is 10.9. The molecule has 2 aromatic carbocycles. The second-order valence-corrected chi connectivity index (χ2v) is 6.87. The summed E-state index contributed by atoms with van der Waals surface area (Å²) in [5.74, 6) is 0.00000556. The molecule has 0 saturated carbocycles. The van der Waals surface area contributed by atoms with Gasteiger partial charge in [0.2, 0.25) is 0 Å². The molecule has 0 saturated heterocycles. The molecule has 0 aliphatic carbocycles. The van der Waals surface area contributed by atoms with E-state index in [1.54, 1.807) is 0 Å². The summed E-state index contributed by atoms with van der Waals surface area (Å²) in [7, 11) is 0. The van der Waals surface area contributed by atoms with Crippen molar-refractivity contribution in [2.45, 2.75) is 19.8 Å². The second-order valence-electron chi connectivity index (χ2n) is 6.87. The van der Waals surface area contributed by atoms with Crippen LogP contribution >= 0.6 is 0 Å². The topological polar surface area (TPSA) is 86.0 Å². The summed E-state index contributed by atoms with van der Waals surface area (Å²) in [6.07, 6.45) is 1.41. The van der Waals surface area contributed by atoms with Crippen molar-refractivity contribution in [3.05, 3.63) is 82.3 Å². The van der Waals surface area contributed by atoms with Gasteiger partial charge in [-0.2, -0.15) is 14.9 Å². The van der Waals surface area contributed by atoms with Crippen LogP contribution in [0.15, 0.2) is 65.6 Å². The fourth-order valence-corrected chi connectivity index (χ4v) is 3.28. The number of anilines is 2. The Bertz CT molecular complexity index is 1230. The third-order valence-electron chi connectivity index (χ3n) is 4.64. The van der Waals surface area contributed by atoms with Crippen LogP contribution in [0.25, 0.3) is 16.9 Å². The van der Waals surface area contributed by atoms with Crippen molar-refractivity contribution in [1.82, 2.24) is 14.6 Å². The number of hydrogen-bond donors (Lipinski definition) is 2. The average molecular weight is 369 g/mol. The first-order valence-electron chi connectivity index (χ1n) is 9.05. The third kappa shape index (κ3) is 3.03. The molecular weight excluding hydrogens is 350 g/mol. The summed E-state index contributed by atoms with van der Waals surface area (Å²) >= 11 is 0. The standard InChI is InChI=1S/C22H19N5O/c1-14(2)19-20(26-21-16(12-23)13-24-27(21)22(19)28)15-8-10-18(11-9-15)25-17-6-4-3-5-7-17/h3-11,13-14,25-26H,1-2H3. The average Bonchev–Trinajstić information content (AvgIpc) is 3.12. The lowest BCUT2D eigenvalue weighted by Crippen LogP contribution is -2.22. The van der Waals surface area contributed by atoms with Crippen molar-refractivity contribution >= 4 is 17.0 Å². The predicted octanol–water partition coefficient (Wildman–Crippen LogP) is 4.43. The van der Waals surface area contributed by atoms with Crippen molar-refractivity contribution in [3.8, 4) is 17.3 Å². The molecule has 0 spiro atoms. The van der Waals surface area contributed by atoms with Gasteiger partial charge >= 0.3 is 0 Å². The summed E-state index contributed by atoms with van der Waals surface area (Å²) in [6, 6.07) is 19.9. The minimum atomic E-state index is -0.202. The Kier molecular flexibility index (Phi) is 4.42. The summed E-state index contributed by atoms with van der Waals surface area (Å²) in [5.41, 5.74) is 4.75. The number of nitriles is 1. The van der Waals surface area contributed by atoms with Crippen LogP contribution in [0.3, 0.4) is 0 Å².